The smallest absolute Gasteiger partial charge is 0.231 e. The molecule has 88 valence electrons. The molecule has 2 aromatic rings. The fourth-order valence-corrected chi connectivity index (χ4v) is 2.13. The Bertz CT molecular complexity index is 617. The Morgan fingerprint density at radius 1 is 1.41 bits per heavy atom. The number of nitrogens with one attached hydrogen (secondary N) is 1. The highest BCUT2D eigenvalue weighted by molar-refractivity contribution is 7.71. The molecule has 0 unspecified atom stereocenters. The highest BCUT2D eigenvalue weighted by Crippen LogP contribution is 2.35. The van der Waals surface area contributed by atoms with Gasteiger partial charge < -0.3 is 14.0 Å². The number of nitrogens with zero attached hydrogens (tertiary/aromatic N) is 2. The van der Waals surface area contributed by atoms with Crippen LogP contribution in [0.1, 0.15) is 6.92 Å². The minimum atomic E-state index is 0.277. The Hall–Kier alpha value is -1.82. The fraction of sp³-hybridized carbons (Fsp3) is 0.273. The molecule has 0 fully saturated rings. The van der Waals surface area contributed by atoms with Crippen molar-refractivity contribution in [2.24, 2.45) is 0 Å². The van der Waals surface area contributed by atoms with Gasteiger partial charge in [-0.15, -0.1) is 0 Å². The van der Waals surface area contributed by atoms with Crippen LogP contribution in [0.5, 0.6) is 11.5 Å². The minimum absolute atomic E-state index is 0.277. The third kappa shape index (κ3) is 1.61. The van der Waals surface area contributed by atoms with Gasteiger partial charge in [-0.3, -0.25) is 5.10 Å². The van der Waals surface area contributed by atoms with Crippen LogP contribution in [0.3, 0.4) is 0 Å². The molecule has 0 amide bonds. The lowest BCUT2D eigenvalue weighted by Crippen LogP contribution is -1.97. The van der Waals surface area contributed by atoms with Crippen LogP contribution in [0.25, 0.3) is 11.4 Å². The Labute approximate surface area is 103 Å². The molecule has 0 atom stereocenters. The summed E-state index contributed by atoms with van der Waals surface area (Å²) < 4.78 is 13.2. The van der Waals surface area contributed by atoms with Crippen LogP contribution in [-0.4, -0.2) is 21.6 Å². The summed E-state index contributed by atoms with van der Waals surface area (Å²) in [5.74, 6) is 2.33. The van der Waals surface area contributed by atoms with Crippen LogP contribution in [0.15, 0.2) is 18.2 Å². The molecular formula is C11H11N3O2S. The van der Waals surface area contributed by atoms with Crippen LogP contribution < -0.4 is 9.47 Å². The standard InChI is InChI=1S/C11H11N3O2S/c1-2-14-10(12-13-11(14)17)7-3-4-8-9(5-7)16-6-15-8/h3-5H,2,6H2,1H3,(H,13,17). The summed E-state index contributed by atoms with van der Waals surface area (Å²) in [7, 11) is 0. The van der Waals surface area contributed by atoms with Gasteiger partial charge in [0.25, 0.3) is 0 Å². The normalized spacial score (nSPS) is 13.0. The molecule has 5 nitrogen and oxygen atoms in total. The molecule has 6 heteroatoms. The number of ether oxygens (including phenoxy) is 2. The first kappa shape index (κ1) is 10.3. The first-order valence-corrected chi connectivity index (χ1v) is 5.75. The van der Waals surface area contributed by atoms with Crippen molar-refractivity contribution in [2.75, 3.05) is 6.79 Å². The number of hydrogen-bond acceptors (Lipinski definition) is 4. The van der Waals surface area contributed by atoms with Crippen molar-refractivity contribution >= 4 is 12.2 Å². The van der Waals surface area contributed by atoms with E-state index in [1.165, 1.54) is 0 Å². The van der Waals surface area contributed by atoms with Crippen molar-refractivity contribution in [3.63, 3.8) is 0 Å². The second-order valence-corrected chi connectivity index (χ2v) is 4.05. The van der Waals surface area contributed by atoms with E-state index in [4.69, 9.17) is 21.7 Å². The molecular weight excluding hydrogens is 238 g/mol. The van der Waals surface area contributed by atoms with Crippen molar-refractivity contribution in [2.45, 2.75) is 13.5 Å². The summed E-state index contributed by atoms with van der Waals surface area (Å²) in [6.07, 6.45) is 0. The van der Waals surface area contributed by atoms with Crippen molar-refractivity contribution in [1.29, 1.82) is 0 Å². The van der Waals surface area contributed by atoms with Gasteiger partial charge in [-0.1, -0.05) is 0 Å². The summed E-state index contributed by atoms with van der Waals surface area (Å²) in [4.78, 5) is 0. The van der Waals surface area contributed by atoms with E-state index in [0.29, 0.717) is 4.77 Å². The van der Waals surface area contributed by atoms with Gasteiger partial charge in [0.1, 0.15) is 0 Å². The van der Waals surface area contributed by atoms with E-state index < -0.39 is 0 Å². The third-order valence-electron chi connectivity index (χ3n) is 2.71. The first-order valence-electron chi connectivity index (χ1n) is 5.35. The molecule has 1 aromatic carbocycles. The maximum absolute atomic E-state index is 5.35. The van der Waals surface area contributed by atoms with Crippen molar-refractivity contribution in [3.05, 3.63) is 23.0 Å². The van der Waals surface area contributed by atoms with E-state index in [-0.39, 0.29) is 6.79 Å². The number of fused-ring (bicyclic) bond motifs is 1. The lowest BCUT2D eigenvalue weighted by Gasteiger charge is -2.04. The molecule has 0 radical (unpaired) electrons. The molecule has 1 N–H and O–H groups in total. The highest BCUT2D eigenvalue weighted by atomic mass is 32.1. The number of aromatic nitrogens is 3. The van der Waals surface area contributed by atoms with Gasteiger partial charge in [0, 0.05) is 12.1 Å². The van der Waals surface area contributed by atoms with Gasteiger partial charge in [0.05, 0.1) is 0 Å². The Balaban J connectivity index is 2.12. The largest absolute Gasteiger partial charge is 0.454 e. The average molecular weight is 249 g/mol. The second kappa shape index (κ2) is 3.89. The van der Waals surface area contributed by atoms with Crippen LogP contribution in [0.2, 0.25) is 0 Å². The summed E-state index contributed by atoms with van der Waals surface area (Å²) in [5.41, 5.74) is 0.962. The Kier molecular flexibility index (Phi) is 2.36. The SMILES string of the molecule is CCn1c(-c2ccc3c(c2)OCO3)n[nH]c1=S. The molecule has 17 heavy (non-hydrogen) atoms. The second-order valence-electron chi connectivity index (χ2n) is 3.66. The van der Waals surface area contributed by atoms with Gasteiger partial charge in [-0.25, -0.2) is 0 Å². The lowest BCUT2D eigenvalue weighted by atomic mass is 10.2. The van der Waals surface area contributed by atoms with E-state index in [9.17, 15) is 0 Å². The van der Waals surface area contributed by atoms with Gasteiger partial charge in [0.2, 0.25) is 6.79 Å². The number of H-pyrrole nitrogens is 1. The maximum atomic E-state index is 5.35. The molecule has 0 saturated carbocycles. The number of hydrogen-bond donors (Lipinski definition) is 1. The van der Waals surface area contributed by atoms with Crippen LogP contribution in [0, 0.1) is 4.77 Å². The van der Waals surface area contributed by atoms with Crippen molar-refractivity contribution < 1.29 is 9.47 Å². The number of aromatic amines is 1. The topological polar surface area (TPSA) is 52.1 Å². The Morgan fingerprint density at radius 3 is 3.06 bits per heavy atom. The number of benzene rings is 1. The molecule has 1 aromatic heterocycles. The van der Waals surface area contributed by atoms with Crippen molar-refractivity contribution in [1.82, 2.24) is 14.8 Å². The van der Waals surface area contributed by atoms with E-state index >= 15 is 0 Å². The van der Waals surface area contributed by atoms with Crippen LogP contribution >= 0.6 is 12.2 Å². The zero-order valence-corrected chi connectivity index (χ0v) is 10.1. The number of rotatable bonds is 2. The fourth-order valence-electron chi connectivity index (χ4n) is 1.87. The summed E-state index contributed by atoms with van der Waals surface area (Å²) in [6.45, 7) is 3.08. The van der Waals surface area contributed by atoms with E-state index in [2.05, 4.69) is 10.2 Å². The summed E-state index contributed by atoms with van der Waals surface area (Å²) in [5, 5.41) is 7.03. The quantitative estimate of drug-likeness (QED) is 0.830. The predicted molar refractivity (Wildman–Crippen MR) is 64.6 cm³/mol. The summed E-state index contributed by atoms with van der Waals surface area (Å²) >= 11 is 5.16. The molecule has 0 bridgehead atoms. The zero-order valence-electron chi connectivity index (χ0n) is 9.27. The van der Waals surface area contributed by atoms with Crippen molar-refractivity contribution in [3.8, 4) is 22.9 Å². The summed E-state index contributed by atoms with van der Waals surface area (Å²) in [6, 6.07) is 5.75. The van der Waals surface area contributed by atoms with Gasteiger partial charge in [-0.05, 0) is 37.3 Å². The van der Waals surface area contributed by atoms with E-state index in [0.717, 1.165) is 29.4 Å². The average Bonchev–Trinajstić information content (AvgIpc) is 2.93. The van der Waals surface area contributed by atoms with Crippen LogP contribution in [0.4, 0.5) is 0 Å². The van der Waals surface area contributed by atoms with Gasteiger partial charge in [0.15, 0.2) is 22.1 Å². The lowest BCUT2D eigenvalue weighted by molar-refractivity contribution is 0.174. The zero-order chi connectivity index (χ0) is 11.8. The Morgan fingerprint density at radius 2 is 2.24 bits per heavy atom. The molecule has 3 rings (SSSR count). The molecule has 0 saturated heterocycles. The van der Waals surface area contributed by atoms with Crippen LogP contribution in [-0.2, 0) is 6.54 Å². The predicted octanol–water partition coefficient (Wildman–Crippen LogP) is 2.36. The van der Waals surface area contributed by atoms with E-state index in [1.807, 2.05) is 29.7 Å². The molecule has 1 aliphatic heterocycles. The monoisotopic (exact) mass is 249 g/mol. The minimum Gasteiger partial charge on any atom is -0.454 e. The molecule has 1 aliphatic rings. The molecule has 2 heterocycles. The first-order chi connectivity index (χ1) is 8.29. The molecule has 0 spiro atoms. The van der Waals surface area contributed by atoms with Gasteiger partial charge in [-0.2, -0.15) is 5.10 Å². The highest BCUT2D eigenvalue weighted by Gasteiger charge is 2.16. The maximum Gasteiger partial charge on any atom is 0.231 e. The van der Waals surface area contributed by atoms with E-state index in [1.54, 1.807) is 0 Å². The third-order valence-corrected chi connectivity index (χ3v) is 3.02. The van der Waals surface area contributed by atoms with Gasteiger partial charge >= 0.3 is 0 Å². The molecule has 0 aliphatic carbocycles.